The van der Waals surface area contributed by atoms with Gasteiger partial charge in [0.25, 0.3) is 0 Å². The fourth-order valence-corrected chi connectivity index (χ4v) is 9.01. The molecule has 1 aliphatic heterocycles. The molecule has 0 saturated heterocycles. The number of fused-ring (bicyclic) bond motifs is 7. The van der Waals surface area contributed by atoms with Crippen molar-refractivity contribution in [2.45, 2.75) is 12.8 Å². The minimum absolute atomic E-state index is 0.968. The van der Waals surface area contributed by atoms with Gasteiger partial charge in [-0.25, -0.2) is 0 Å². The van der Waals surface area contributed by atoms with Gasteiger partial charge in [-0.1, -0.05) is 110 Å². The van der Waals surface area contributed by atoms with E-state index in [9.17, 15) is 0 Å². The number of aromatic nitrogens is 2. The summed E-state index contributed by atoms with van der Waals surface area (Å²) >= 11 is 0. The van der Waals surface area contributed by atoms with Gasteiger partial charge in [-0.3, -0.25) is 0 Å². The van der Waals surface area contributed by atoms with E-state index in [0.717, 1.165) is 52.2 Å². The summed E-state index contributed by atoms with van der Waals surface area (Å²) in [7, 11) is 0. The lowest BCUT2D eigenvalue weighted by Gasteiger charge is -2.26. The van der Waals surface area contributed by atoms with E-state index in [0.29, 0.717) is 0 Å². The Morgan fingerprint density at radius 2 is 1.07 bits per heavy atom. The zero-order valence-corrected chi connectivity index (χ0v) is 31.5. The summed E-state index contributed by atoms with van der Waals surface area (Å²) in [5.74, 6) is 0. The van der Waals surface area contributed by atoms with Crippen molar-refractivity contribution in [3.63, 3.8) is 0 Å². The van der Waals surface area contributed by atoms with Gasteiger partial charge in [0.2, 0.25) is 0 Å². The van der Waals surface area contributed by atoms with Crippen LogP contribution in [0.1, 0.15) is 28.8 Å². The minimum Gasteiger partial charge on any atom is -0.317 e. The summed E-state index contributed by atoms with van der Waals surface area (Å²) < 4.78 is 4.82. The van der Waals surface area contributed by atoms with Crippen LogP contribution in [0.15, 0.2) is 201 Å². The van der Waals surface area contributed by atoms with Crippen LogP contribution in [-0.2, 0) is 6.42 Å². The predicted molar refractivity (Wildman–Crippen MR) is 242 cm³/mol. The van der Waals surface area contributed by atoms with Crippen molar-refractivity contribution < 1.29 is 0 Å². The van der Waals surface area contributed by atoms with Crippen molar-refractivity contribution in [2.75, 3.05) is 4.90 Å². The van der Waals surface area contributed by atoms with Crippen LogP contribution in [0, 0.1) is 0 Å². The van der Waals surface area contributed by atoms with Crippen LogP contribution < -0.4 is 4.90 Å². The first kappa shape index (κ1) is 33.0. The van der Waals surface area contributed by atoms with E-state index in [2.05, 4.69) is 214 Å². The third-order valence-corrected chi connectivity index (χ3v) is 11.7. The Bertz CT molecular complexity index is 3120. The molecule has 11 rings (SSSR count). The fraction of sp³-hybridized carbons (Fsp3) is 0.0370. The number of anilines is 2. The molecule has 3 heteroatoms. The normalized spacial score (nSPS) is 15.3. The van der Waals surface area contributed by atoms with Crippen molar-refractivity contribution in [3.05, 3.63) is 223 Å². The first-order valence-corrected chi connectivity index (χ1v) is 19.8. The molecule has 2 aliphatic rings. The number of allylic oxidation sites excluding steroid dienone is 5. The Morgan fingerprint density at radius 3 is 1.84 bits per heavy atom. The third-order valence-electron chi connectivity index (χ3n) is 11.7. The zero-order valence-electron chi connectivity index (χ0n) is 31.5. The van der Waals surface area contributed by atoms with Crippen molar-refractivity contribution in [2.24, 2.45) is 0 Å². The van der Waals surface area contributed by atoms with Gasteiger partial charge in [0.1, 0.15) is 0 Å². The number of benzene rings is 7. The smallest absolute Gasteiger partial charge is 0.0541 e. The maximum Gasteiger partial charge on any atom is 0.0541 e. The number of hydrogen-bond donors (Lipinski definition) is 0. The lowest BCUT2D eigenvalue weighted by Crippen LogP contribution is -2.12. The largest absolute Gasteiger partial charge is 0.317 e. The predicted octanol–water partition coefficient (Wildman–Crippen LogP) is 14.1. The highest BCUT2D eigenvalue weighted by atomic mass is 15.1. The molecule has 270 valence electrons. The Balaban J connectivity index is 1.05. The van der Waals surface area contributed by atoms with Gasteiger partial charge in [-0.05, 0) is 132 Å². The van der Waals surface area contributed by atoms with Gasteiger partial charge in [0.15, 0.2) is 0 Å². The van der Waals surface area contributed by atoms with Crippen LogP contribution in [0.2, 0.25) is 0 Å². The summed E-state index contributed by atoms with van der Waals surface area (Å²) in [5.41, 5.74) is 17.6. The molecular formula is C54H39N3. The molecule has 2 aromatic heterocycles. The van der Waals surface area contributed by atoms with E-state index in [1.165, 1.54) is 60.8 Å². The first-order valence-electron chi connectivity index (χ1n) is 19.8. The average Bonchev–Trinajstić information content (AvgIpc) is 3.78. The van der Waals surface area contributed by atoms with Gasteiger partial charge in [0, 0.05) is 56.2 Å². The molecule has 0 atom stereocenters. The van der Waals surface area contributed by atoms with Gasteiger partial charge in [-0.15, -0.1) is 0 Å². The topological polar surface area (TPSA) is 13.1 Å². The van der Waals surface area contributed by atoms with E-state index >= 15 is 0 Å². The highest BCUT2D eigenvalue weighted by Crippen LogP contribution is 2.42. The van der Waals surface area contributed by atoms with Crippen molar-refractivity contribution in [3.8, 4) is 22.5 Å². The molecule has 0 fully saturated rings. The third kappa shape index (κ3) is 5.50. The monoisotopic (exact) mass is 729 g/mol. The van der Waals surface area contributed by atoms with E-state index in [1.807, 2.05) is 0 Å². The lowest BCUT2D eigenvalue weighted by atomic mass is 9.92. The van der Waals surface area contributed by atoms with Crippen LogP contribution in [-0.4, -0.2) is 9.13 Å². The molecule has 0 N–H and O–H groups in total. The van der Waals surface area contributed by atoms with Crippen LogP contribution in [0.5, 0.6) is 0 Å². The molecule has 3 heterocycles. The van der Waals surface area contributed by atoms with Crippen LogP contribution in [0.4, 0.5) is 11.4 Å². The molecule has 1 aliphatic carbocycles. The SMILES string of the molecule is C=C1/C=C(c2ccc3c(c2)c2ccccc2n3-c2ccccc2)\C=C/N(c2ccccc2)c2ccc(-c3ccc4c(c3)c3c(n4-c4ccccc4)CCC=C3)cc21. The summed E-state index contributed by atoms with van der Waals surface area (Å²) in [6.07, 6.45) is 13.4. The van der Waals surface area contributed by atoms with E-state index in [1.54, 1.807) is 0 Å². The zero-order chi connectivity index (χ0) is 37.9. The van der Waals surface area contributed by atoms with Gasteiger partial charge >= 0.3 is 0 Å². The molecule has 0 unspecified atom stereocenters. The van der Waals surface area contributed by atoms with Crippen LogP contribution in [0.25, 0.3) is 72.4 Å². The van der Waals surface area contributed by atoms with Crippen molar-refractivity contribution >= 4 is 61.3 Å². The Morgan fingerprint density at radius 1 is 0.474 bits per heavy atom. The first-order chi connectivity index (χ1) is 28.2. The van der Waals surface area contributed by atoms with E-state index < -0.39 is 0 Å². The maximum absolute atomic E-state index is 4.74. The molecule has 0 spiro atoms. The quantitative estimate of drug-likeness (QED) is 0.172. The lowest BCUT2D eigenvalue weighted by molar-refractivity contribution is 0.888. The molecule has 0 saturated carbocycles. The molecule has 3 nitrogen and oxygen atoms in total. The van der Waals surface area contributed by atoms with Crippen LogP contribution >= 0.6 is 0 Å². The summed E-state index contributed by atoms with van der Waals surface area (Å²) in [6, 6.07) is 61.4. The summed E-state index contributed by atoms with van der Waals surface area (Å²) in [4.78, 5) is 2.29. The molecule has 0 bridgehead atoms. The standard InChI is InChI=1S/C54H39N3/c1-37-33-41(40-27-30-54-49(36-40)46-22-12-14-24-52(46)57(54)44-19-9-4-10-20-44)31-32-55(42-15-5-2-6-16-42)50-28-25-38(34-47(37)50)39-26-29-53-48(35-39)45-21-11-13-23-51(45)56(53)43-17-7-3-8-18-43/h2-12,14-22,24-36H,1,13,23H2/b32-31-,41-33+. The molecule has 57 heavy (non-hydrogen) atoms. The Kier molecular flexibility index (Phi) is 7.78. The van der Waals surface area contributed by atoms with E-state index in [4.69, 9.17) is 6.58 Å². The van der Waals surface area contributed by atoms with Gasteiger partial charge < -0.3 is 14.0 Å². The highest BCUT2D eigenvalue weighted by molar-refractivity contribution is 6.10. The van der Waals surface area contributed by atoms with Crippen LogP contribution in [0.3, 0.4) is 0 Å². The van der Waals surface area contributed by atoms with Gasteiger partial charge in [0.05, 0.1) is 22.2 Å². The van der Waals surface area contributed by atoms with Gasteiger partial charge in [-0.2, -0.15) is 0 Å². The second-order valence-electron chi connectivity index (χ2n) is 15.0. The maximum atomic E-state index is 4.74. The van der Waals surface area contributed by atoms with Crippen molar-refractivity contribution in [1.29, 1.82) is 0 Å². The number of hydrogen-bond acceptors (Lipinski definition) is 1. The molecule has 9 aromatic rings. The average molecular weight is 730 g/mol. The molecule has 7 aromatic carbocycles. The minimum atomic E-state index is 0.968. The summed E-state index contributed by atoms with van der Waals surface area (Å²) in [5, 5.41) is 3.75. The Labute approximate surface area is 332 Å². The second-order valence-corrected chi connectivity index (χ2v) is 15.0. The Hall–Kier alpha value is -7.36. The van der Waals surface area contributed by atoms with Crippen molar-refractivity contribution in [1.82, 2.24) is 9.13 Å². The fourth-order valence-electron chi connectivity index (χ4n) is 9.01. The summed E-state index contributed by atoms with van der Waals surface area (Å²) in [6.45, 7) is 4.74. The number of para-hydroxylation sites is 4. The molecule has 0 amide bonds. The highest BCUT2D eigenvalue weighted by Gasteiger charge is 2.21. The van der Waals surface area contributed by atoms with E-state index in [-0.39, 0.29) is 0 Å². The number of rotatable bonds is 5. The molecule has 0 radical (unpaired) electrons. The number of nitrogens with zero attached hydrogens (tertiary/aromatic N) is 3. The molecular weight excluding hydrogens is 691 g/mol. The second kappa shape index (κ2) is 13.4.